The van der Waals surface area contributed by atoms with Crippen LogP contribution in [0.3, 0.4) is 0 Å². The van der Waals surface area contributed by atoms with Crippen molar-refractivity contribution >= 4 is 17.7 Å². The third-order valence-electron chi connectivity index (χ3n) is 2.21. The van der Waals surface area contributed by atoms with Crippen LogP contribution in [0, 0.1) is 0 Å². The molecule has 0 aliphatic rings. The third kappa shape index (κ3) is 3.87. The fraction of sp³-hybridized carbons (Fsp3) is 0.417. The normalized spacial score (nSPS) is 14.4. The number of carboxylic acids is 1. The van der Waals surface area contributed by atoms with Crippen LogP contribution in [0.25, 0.3) is 0 Å². The van der Waals surface area contributed by atoms with Gasteiger partial charge in [-0.25, -0.2) is 4.79 Å². The molecule has 1 aromatic rings. The van der Waals surface area contributed by atoms with E-state index in [2.05, 4.69) is 0 Å². The summed E-state index contributed by atoms with van der Waals surface area (Å²) in [4.78, 5) is 11.7. The molecule has 0 saturated carbocycles. The molecule has 0 amide bonds. The smallest absolute Gasteiger partial charge is 0.333 e. The standard InChI is InChI=1S/C12H16O3S/c1-2-6-10(11(13)12(14)15)16-9-7-4-3-5-8-9/h3-5,7-8,10-11,13H,2,6H2,1H3,(H,14,15)/t10-,11-/m1/s1. The van der Waals surface area contributed by atoms with E-state index in [1.165, 1.54) is 11.8 Å². The van der Waals surface area contributed by atoms with Gasteiger partial charge in [0.2, 0.25) is 0 Å². The number of hydrogen-bond donors (Lipinski definition) is 2. The van der Waals surface area contributed by atoms with Crippen LogP contribution in [0.2, 0.25) is 0 Å². The van der Waals surface area contributed by atoms with Crippen molar-refractivity contribution in [3.05, 3.63) is 30.3 Å². The molecule has 2 N–H and O–H groups in total. The molecule has 0 aliphatic carbocycles. The van der Waals surface area contributed by atoms with Crippen molar-refractivity contribution in [1.29, 1.82) is 0 Å². The lowest BCUT2D eigenvalue weighted by atomic mass is 10.1. The Hall–Kier alpha value is -1.00. The van der Waals surface area contributed by atoms with Crippen LogP contribution in [0.5, 0.6) is 0 Å². The van der Waals surface area contributed by atoms with Gasteiger partial charge >= 0.3 is 5.97 Å². The van der Waals surface area contributed by atoms with Crippen molar-refractivity contribution in [2.45, 2.75) is 36.0 Å². The van der Waals surface area contributed by atoms with E-state index in [-0.39, 0.29) is 5.25 Å². The molecule has 0 radical (unpaired) electrons. The molecule has 4 heteroatoms. The molecular weight excluding hydrogens is 224 g/mol. The summed E-state index contributed by atoms with van der Waals surface area (Å²) < 4.78 is 0. The van der Waals surface area contributed by atoms with Crippen LogP contribution in [-0.2, 0) is 4.79 Å². The number of aliphatic carboxylic acids is 1. The summed E-state index contributed by atoms with van der Waals surface area (Å²) in [5.41, 5.74) is 0. The molecule has 88 valence electrons. The second-order valence-electron chi connectivity index (χ2n) is 3.54. The molecular formula is C12H16O3S. The van der Waals surface area contributed by atoms with Crippen molar-refractivity contribution in [3.63, 3.8) is 0 Å². The molecule has 0 aliphatic heterocycles. The summed E-state index contributed by atoms with van der Waals surface area (Å²) in [7, 11) is 0. The summed E-state index contributed by atoms with van der Waals surface area (Å²) in [6, 6.07) is 9.55. The maximum absolute atomic E-state index is 10.7. The zero-order valence-corrected chi connectivity index (χ0v) is 9.98. The number of carbonyl (C=O) groups is 1. The Balaban J connectivity index is 2.68. The highest BCUT2D eigenvalue weighted by Gasteiger charge is 2.25. The summed E-state index contributed by atoms with van der Waals surface area (Å²) in [5.74, 6) is -1.15. The topological polar surface area (TPSA) is 57.5 Å². The molecule has 0 unspecified atom stereocenters. The molecule has 0 spiro atoms. The molecule has 1 aromatic carbocycles. The van der Waals surface area contributed by atoms with E-state index in [0.717, 1.165) is 11.3 Å². The average molecular weight is 240 g/mol. The SMILES string of the molecule is CCC[C@@H](Sc1ccccc1)[C@@H](O)C(=O)O. The van der Waals surface area contributed by atoms with Crippen LogP contribution in [-0.4, -0.2) is 27.5 Å². The van der Waals surface area contributed by atoms with E-state index in [9.17, 15) is 9.90 Å². The summed E-state index contributed by atoms with van der Waals surface area (Å²) in [6.45, 7) is 1.98. The van der Waals surface area contributed by atoms with Gasteiger partial charge in [-0.15, -0.1) is 11.8 Å². The van der Waals surface area contributed by atoms with Crippen LogP contribution in [0.1, 0.15) is 19.8 Å². The molecule has 0 heterocycles. The maximum atomic E-state index is 10.7. The van der Waals surface area contributed by atoms with Crippen molar-refractivity contribution < 1.29 is 15.0 Å². The molecule has 1 rings (SSSR count). The largest absolute Gasteiger partial charge is 0.479 e. The highest BCUT2D eigenvalue weighted by molar-refractivity contribution is 8.00. The summed E-state index contributed by atoms with van der Waals surface area (Å²) >= 11 is 1.42. The van der Waals surface area contributed by atoms with Gasteiger partial charge in [0, 0.05) is 10.1 Å². The fourth-order valence-corrected chi connectivity index (χ4v) is 2.66. The monoisotopic (exact) mass is 240 g/mol. The zero-order valence-electron chi connectivity index (χ0n) is 9.17. The Morgan fingerprint density at radius 3 is 2.50 bits per heavy atom. The number of thioether (sulfide) groups is 1. The van der Waals surface area contributed by atoms with Gasteiger partial charge < -0.3 is 10.2 Å². The first kappa shape index (κ1) is 13.1. The van der Waals surface area contributed by atoms with E-state index in [4.69, 9.17) is 5.11 Å². The van der Waals surface area contributed by atoms with Crippen molar-refractivity contribution in [3.8, 4) is 0 Å². The Morgan fingerprint density at radius 1 is 1.38 bits per heavy atom. The van der Waals surface area contributed by atoms with E-state index in [1.54, 1.807) is 0 Å². The van der Waals surface area contributed by atoms with Gasteiger partial charge in [-0.05, 0) is 18.6 Å². The van der Waals surface area contributed by atoms with Gasteiger partial charge in [-0.2, -0.15) is 0 Å². The van der Waals surface area contributed by atoms with Crippen LogP contribution in [0.15, 0.2) is 35.2 Å². The summed E-state index contributed by atoms with van der Waals surface area (Å²) in [6.07, 6.45) is 0.243. The molecule has 3 nitrogen and oxygen atoms in total. The molecule has 0 fully saturated rings. The van der Waals surface area contributed by atoms with Crippen molar-refractivity contribution in [2.75, 3.05) is 0 Å². The minimum atomic E-state index is -1.30. The van der Waals surface area contributed by atoms with E-state index in [0.29, 0.717) is 6.42 Å². The van der Waals surface area contributed by atoms with Crippen LogP contribution < -0.4 is 0 Å². The second kappa shape index (κ2) is 6.55. The van der Waals surface area contributed by atoms with Crippen molar-refractivity contribution in [2.24, 2.45) is 0 Å². The van der Waals surface area contributed by atoms with Gasteiger partial charge in [0.25, 0.3) is 0 Å². The lowest BCUT2D eigenvalue weighted by molar-refractivity contribution is -0.146. The molecule has 2 atom stereocenters. The number of hydrogen-bond acceptors (Lipinski definition) is 3. The number of aliphatic hydroxyl groups is 1. The Bertz CT molecular complexity index is 326. The maximum Gasteiger partial charge on any atom is 0.333 e. The van der Waals surface area contributed by atoms with Crippen LogP contribution in [0.4, 0.5) is 0 Å². The number of benzene rings is 1. The first-order valence-corrected chi connectivity index (χ1v) is 6.15. The summed E-state index contributed by atoms with van der Waals surface area (Å²) in [5, 5.41) is 18.1. The minimum Gasteiger partial charge on any atom is -0.479 e. The lowest BCUT2D eigenvalue weighted by Gasteiger charge is -2.18. The highest BCUT2D eigenvalue weighted by atomic mass is 32.2. The van der Waals surface area contributed by atoms with Gasteiger partial charge in [0.15, 0.2) is 6.10 Å². The fourth-order valence-electron chi connectivity index (χ4n) is 1.40. The Morgan fingerprint density at radius 2 is 2.00 bits per heavy atom. The second-order valence-corrected chi connectivity index (χ2v) is 4.85. The van der Waals surface area contributed by atoms with Gasteiger partial charge in [-0.1, -0.05) is 31.5 Å². The molecule has 0 aromatic heterocycles. The van der Waals surface area contributed by atoms with Gasteiger partial charge in [0.1, 0.15) is 0 Å². The Labute approximate surface area is 99.5 Å². The quantitative estimate of drug-likeness (QED) is 0.750. The molecule has 16 heavy (non-hydrogen) atoms. The highest BCUT2D eigenvalue weighted by Crippen LogP contribution is 2.28. The zero-order chi connectivity index (χ0) is 12.0. The van der Waals surface area contributed by atoms with Crippen LogP contribution >= 0.6 is 11.8 Å². The Kier molecular flexibility index (Phi) is 5.35. The third-order valence-corrected chi connectivity index (χ3v) is 3.55. The number of carboxylic acid groups (broad SMARTS) is 1. The molecule has 0 saturated heterocycles. The first-order valence-electron chi connectivity index (χ1n) is 5.27. The number of rotatable bonds is 6. The van der Waals surface area contributed by atoms with Gasteiger partial charge in [-0.3, -0.25) is 0 Å². The predicted molar refractivity (Wildman–Crippen MR) is 64.6 cm³/mol. The molecule has 0 bridgehead atoms. The van der Waals surface area contributed by atoms with Crippen molar-refractivity contribution in [1.82, 2.24) is 0 Å². The van der Waals surface area contributed by atoms with E-state index < -0.39 is 12.1 Å². The first-order chi connectivity index (χ1) is 7.65. The van der Waals surface area contributed by atoms with E-state index >= 15 is 0 Å². The number of aliphatic hydroxyl groups excluding tert-OH is 1. The minimum absolute atomic E-state index is 0.287. The average Bonchev–Trinajstić information content (AvgIpc) is 2.29. The lowest BCUT2D eigenvalue weighted by Crippen LogP contribution is -2.31. The van der Waals surface area contributed by atoms with E-state index in [1.807, 2.05) is 37.3 Å². The van der Waals surface area contributed by atoms with Gasteiger partial charge in [0.05, 0.1) is 0 Å². The predicted octanol–water partition coefficient (Wildman–Crippen LogP) is 2.39.